The molecule has 0 saturated carbocycles. The van der Waals surface area contributed by atoms with Crippen LogP contribution in [0.5, 0.6) is 0 Å². The molecule has 0 spiro atoms. The highest BCUT2D eigenvalue weighted by molar-refractivity contribution is 5.88. The number of rotatable bonds is 3. The van der Waals surface area contributed by atoms with Crippen LogP contribution in [0.4, 0.5) is 0 Å². The molecule has 0 radical (unpaired) electrons. The molecule has 19 heavy (non-hydrogen) atoms. The van der Waals surface area contributed by atoms with E-state index >= 15 is 0 Å². The molecule has 2 aromatic rings. The molecule has 3 heteroatoms. The summed E-state index contributed by atoms with van der Waals surface area (Å²) in [5.74, 6) is 0. The van der Waals surface area contributed by atoms with Crippen LogP contribution in [-0.2, 0) is 6.42 Å². The molecule has 1 aliphatic heterocycles. The van der Waals surface area contributed by atoms with Crippen molar-refractivity contribution in [3.05, 3.63) is 35.0 Å². The lowest BCUT2D eigenvalue weighted by Crippen LogP contribution is -2.44. The summed E-state index contributed by atoms with van der Waals surface area (Å²) in [6.07, 6.45) is 3.34. The van der Waals surface area contributed by atoms with E-state index in [2.05, 4.69) is 47.4 Å². The van der Waals surface area contributed by atoms with E-state index in [1.165, 1.54) is 47.2 Å². The second-order valence-electron chi connectivity index (χ2n) is 5.60. The number of benzene rings is 1. The van der Waals surface area contributed by atoms with Gasteiger partial charge in [0.05, 0.1) is 0 Å². The van der Waals surface area contributed by atoms with Crippen LogP contribution < -0.4 is 5.32 Å². The van der Waals surface area contributed by atoms with Crippen LogP contribution in [0.2, 0.25) is 0 Å². The average molecular weight is 257 g/mol. The van der Waals surface area contributed by atoms with Gasteiger partial charge in [-0.1, -0.05) is 12.1 Å². The third kappa shape index (κ3) is 2.53. The van der Waals surface area contributed by atoms with E-state index in [0.717, 1.165) is 19.5 Å². The van der Waals surface area contributed by atoms with E-state index in [-0.39, 0.29) is 0 Å². The van der Waals surface area contributed by atoms with Crippen LogP contribution in [0.25, 0.3) is 10.9 Å². The van der Waals surface area contributed by atoms with Crippen molar-refractivity contribution in [2.75, 3.05) is 32.7 Å². The quantitative estimate of drug-likeness (QED) is 0.883. The molecule has 0 atom stereocenters. The van der Waals surface area contributed by atoms with Gasteiger partial charge in [-0.3, -0.25) is 0 Å². The van der Waals surface area contributed by atoms with Crippen LogP contribution in [0.3, 0.4) is 0 Å². The first-order valence-electron chi connectivity index (χ1n) is 7.25. The van der Waals surface area contributed by atoms with Gasteiger partial charge in [-0.2, -0.15) is 0 Å². The molecule has 0 bridgehead atoms. The smallest absolute Gasteiger partial charge is 0.0489 e. The number of nitrogens with one attached hydrogen (secondary N) is 2. The van der Waals surface area contributed by atoms with E-state index in [4.69, 9.17) is 0 Å². The zero-order valence-electron chi connectivity index (χ0n) is 11.9. The first-order chi connectivity index (χ1) is 9.25. The van der Waals surface area contributed by atoms with Crippen molar-refractivity contribution in [1.82, 2.24) is 15.2 Å². The molecule has 3 nitrogen and oxygen atoms in total. The highest BCUT2D eigenvalue weighted by Gasteiger charge is 2.12. The Bertz CT molecular complexity index is 565. The van der Waals surface area contributed by atoms with Crippen LogP contribution in [0, 0.1) is 13.8 Å². The van der Waals surface area contributed by atoms with E-state index < -0.39 is 0 Å². The molecule has 1 aromatic carbocycles. The number of aryl methyl sites for hydroxylation is 2. The molecule has 1 saturated heterocycles. The van der Waals surface area contributed by atoms with Gasteiger partial charge in [-0.25, -0.2) is 0 Å². The summed E-state index contributed by atoms with van der Waals surface area (Å²) in [5, 5.41) is 4.85. The molecule has 1 aromatic heterocycles. The number of aromatic amines is 1. The fourth-order valence-electron chi connectivity index (χ4n) is 3.05. The number of H-pyrrole nitrogens is 1. The van der Waals surface area contributed by atoms with E-state index in [9.17, 15) is 0 Å². The molecule has 2 N–H and O–H groups in total. The molecular formula is C16H23N3. The molecule has 0 amide bonds. The summed E-state index contributed by atoms with van der Waals surface area (Å²) in [5.41, 5.74) is 5.51. The molecule has 3 rings (SSSR count). The summed E-state index contributed by atoms with van der Waals surface area (Å²) < 4.78 is 0. The predicted molar refractivity (Wildman–Crippen MR) is 80.8 cm³/mol. The second-order valence-corrected chi connectivity index (χ2v) is 5.60. The topological polar surface area (TPSA) is 31.1 Å². The largest absolute Gasteiger partial charge is 0.361 e. The average Bonchev–Trinajstić information content (AvgIpc) is 2.87. The van der Waals surface area contributed by atoms with E-state index in [1.807, 2.05) is 0 Å². The number of fused-ring (bicyclic) bond motifs is 1. The number of hydrogen-bond donors (Lipinski definition) is 2. The number of aromatic nitrogens is 1. The minimum atomic E-state index is 1.13. The standard InChI is InChI=1S/C16H23N3/c1-12-3-4-13(2)16-15(12)14(11-18-16)5-8-19-9-6-17-7-10-19/h3-4,11,17-18H,5-10H2,1-2H3. The first-order valence-corrected chi connectivity index (χ1v) is 7.25. The van der Waals surface area contributed by atoms with Crippen molar-refractivity contribution in [2.24, 2.45) is 0 Å². The maximum Gasteiger partial charge on any atom is 0.0489 e. The molecular weight excluding hydrogens is 234 g/mol. The van der Waals surface area contributed by atoms with Gasteiger partial charge in [0.2, 0.25) is 0 Å². The van der Waals surface area contributed by atoms with Crippen LogP contribution in [0.15, 0.2) is 18.3 Å². The molecule has 1 aliphatic rings. The van der Waals surface area contributed by atoms with Crippen molar-refractivity contribution < 1.29 is 0 Å². The summed E-state index contributed by atoms with van der Waals surface area (Å²) in [6.45, 7) is 10.2. The van der Waals surface area contributed by atoms with Crippen LogP contribution in [0.1, 0.15) is 16.7 Å². The fourth-order valence-corrected chi connectivity index (χ4v) is 3.05. The van der Waals surface area contributed by atoms with Gasteiger partial charge < -0.3 is 15.2 Å². The van der Waals surface area contributed by atoms with Gasteiger partial charge in [-0.15, -0.1) is 0 Å². The molecule has 1 fully saturated rings. The van der Waals surface area contributed by atoms with Crippen LogP contribution >= 0.6 is 0 Å². The second kappa shape index (κ2) is 5.35. The minimum absolute atomic E-state index is 1.13. The summed E-state index contributed by atoms with van der Waals surface area (Å²) in [7, 11) is 0. The Kier molecular flexibility index (Phi) is 3.58. The number of nitrogens with zero attached hydrogens (tertiary/aromatic N) is 1. The van der Waals surface area contributed by atoms with Crippen molar-refractivity contribution in [3.63, 3.8) is 0 Å². The lowest BCUT2D eigenvalue weighted by molar-refractivity contribution is 0.244. The van der Waals surface area contributed by atoms with Crippen molar-refractivity contribution in [1.29, 1.82) is 0 Å². The normalized spacial score (nSPS) is 17.2. The Morgan fingerprint density at radius 1 is 1.11 bits per heavy atom. The Labute approximate surface area is 115 Å². The van der Waals surface area contributed by atoms with E-state index in [1.54, 1.807) is 0 Å². The van der Waals surface area contributed by atoms with Gasteiger partial charge in [0, 0.05) is 49.8 Å². The summed E-state index contributed by atoms with van der Waals surface area (Å²) in [6, 6.07) is 4.44. The zero-order valence-corrected chi connectivity index (χ0v) is 11.9. The van der Waals surface area contributed by atoms with Gasteiger partial charge in [-0.05, 0) is 37.0 Å². The van der Waals surface area contributed by atoms with Gasteiger partial charge in [0.15, 0.2) is 0 Å². The van der Waals surface area contributed by atoms with Crippen molar-refractivity contribution in [2.45, 2.75) is 20.3 Å². The highest BCUT2D eigenvalue weighted by atomic mass is 15.2. The van der Waals surface area contributed by atoms with Crippen molar-refractivity contribution in [3.8, 4) is 0 Å². The molecule has 0 unspecified atom stereocenters. The van der Waals surface area contributed by atoms with Crippen LogP contribution in [-0.4, -0.2) is 42.6 Å². The molecule has 2 heterocycles. The first kappa shape index (κ1) is 12.7. The highest BCUT2D eigenvalue weighted by Crippen LogP contribution is 2.25. The zero-order chi connectivity index (χ0) is 13.2. The van der Waals surface area contributed by atoms with Crippen molar-refractivity contribution >= 4 is 10.9 Å². The van der Waals surface area contributed by atoms with Gasteiger partial charge >= 0.3 is 0 Å². The molecule has 0 aliphatic carbocycles. The Morgan fingerprint density at radius 3 is 2.63 bits per heavy atom. The monoisotopic (exact) mass is 257 g/mol. The Morgan fingerprint density at radius 2 is 1.84 bits per heavy atom. The number of piperazine rings is 1. The maximum atomic E-state index is 3.45. The summed E-state index contributed by atoms with van der Waals surface area (Å²) in [4.78, 5) is 6.01. The van der Waals surface area contributed by atoms with E-state index in [0.29, 0.717) is 0 Å². The lowest BCUT2D eigenvalue weighted by atomic mass is 10.0. The fraction of sp³-hybridized carbons (Fsp3) is 0.500. The predicted octanol–water partition coefficient (Wildman–Crippen LogP) is 2.23. The Balaban J connectivity index is 1.79. The summed E-state index contributed by atoms with van der Waals surface area (Å²) >= 11 is 0. The third-order valence-corrected chi connectivity index (χ3v) is 4.24. The lowest BCUT2D eigenvalue weighted by Gasteiger charge is -2.27. The number of hydrogen-bond acceptors (Lipinski definition) is 2. The van der Waals surface area contributed by atoms with Gasteiger partial charge in [0.1, 0.15) is 0 Å². The minimum Gasteiger partial charge on any atom is -0.361 e. The van der Waals surface area contributed by atoms with Gasteiger partial charge in [0.25, 0.3) is 0 Å². The third-order valence-electron chi connectivity index (χ3n) is 4.24. The Hall–Kier alpha value is -1.32. The molecule has 102 valence electrons. The SMILES string of the molecule is Cc1ccc(C)c2c(CCN3CCNCC3)c[nH]c12. The maximum absolute atomic E-state index is 3.45.